The number of carbonyl (C=O) groups is 1. The second-order valence-electron chi connectivity index (χ2n) is 6.53. The number of nitrogens with zero attached hydrogens (tertiary/aromatic N) is 1. The van der Waals surface area contributed by atoms with Crippen LogP contribution in [0.4, 0.5) is 0 Å². The monoisotopic (exact) mass is 303 g/mol. The predicted molar refractivity (Wildman–Crippen MR) is 81.3 cm³/mol. The first-order valence-electron chi connectivity index (χ1n) is 7.76. The molecule has 1 aromatic rings. The van der Waals surface area contributed by atoms with E-state index in [0.29, 0.717) is 16.5 Å². The molecule has 0 spiro atoms. The quantitative estimate of drug-likeness (QED) is 0.603. The molecule has 4 atom stereocenters. The molecule has 3 nitrogen and oxygen atoms in total. The van der Waals surface area contributed by atoms with Crippen molar-refractivity contribution >= 4 is 23.3 Å². The van der Waals surface area contributed by atoms with Gasteiger partial charge in [-0.25, -0.2) is 4.79 Å². The molecule has 2 bridgehead atoms. The Morgan fingerprint density at radius 1 is 1.19 bits per heavy atom. The second-order valence-corrected chi connectivity index (χ2v) is 6.97. The molecular weight excluding hydrogens is 286 g/mol. The maximum absolute atomic E-state index is 12.0. The zero-order valence-electron chi connectivity index (χ0n) is 11.8. The van der Waals surface area contributed by atoms with Crippen molar-refractivity contribution in [2.75, 3.05) is 0 Å². The van der Waals surface area contributed by atoms with Gasteiger partial charge in [-0.15, -0.1) is 0 Å². The van der Waals surface area contributed by atoms with Gasteiger partial charge in [-0.1, -0.05) is 23.2 Å². The molecule has 0 aliphatic heterocycles. The van der Waals surface area contributed by atoms with E-state index in [0.717, 1.165) is 29.9 Å². The van der Waals surface area contributed by atoms with Gasteiger partial charge in [0.05, 0.1) is 11.3 Å². The molecule has 1 aromatic carbocycles. The first-order valence-corrected chi connectivity index (χ1v) is 8.14. The summed E-state index contributed by atoms with van der Waals surface area (Å²) in [5.74, 6) is 2.68. The van der Waals surface area contributed by atoms with E-state index in [1.807, 2.05) is 0 Å². The fourth-order valence-corrected chi connectivity index (χ4v) is 4.79. The summed E-state index contributed by atoms with van der Waals surface area (Å²) >= 11 is 5.81. The molecule has 3 aliphatic carbocycles. The highest BCUT2D eigenvalue weighted by molar-refractivity contribution is 6.30. The molecule has 0 aromatic heterocycles. The SMILES string of the molecule is O=C(O/N=C1\C[C@@H]2C[C@H]1[C@H]1CCC[C@@H]21)c1ccc(Cl)cc1. The van der Waals surface area contributed by atoms with Gasteiger partial charge in [-0.3, -0.25) is 0 Å². The van der Waals surface area contributed by atoms with Crippen molar-refractivity contribution in [3.8, 4) is 0 Å². The summed E-state index contributed by atoms with van der Waals surface area (Å²) < 4.78 is 0. The van der Waals surface area contributed by atoms with E-state index in [2.05, 4.69) is 5.16 Å². The average Bonchev–Trinajstić information content (AvgIpc) is 3.17. The minimum atomic E-state index is -0.398. The maximum Gasteiger partial charge on any atom is 0.365 e. The molecule has 0 N–H and O–H groups in total. The van der Waals surface area contributed by atoms with Crippen molar-refractivity contribution in [1.82, 2.24) is 0 Å². The Balaban J connectivity index is 1.45. The summed E-state index contributed by atoms with van der Waals surface area (Å²) in [7, 11) is 0. The summed E-state index contributed by atoms with van der Waals surface area (Å²) in [5.41, 5.74) is 1.61. The number of hydrogen-bond acceptors (Lipinski definition) is 3. The molecule has 21 heavy (non-hydrogen) atoms. The van der Waals surface area contributed by atoms with Crippen LogP contribution in [-0.2, 0) is 4.84 Å². The van der Waals surface area contributed by atoms with Crippen molar-refractivity contribution in [2.45, 2.75) is 32.1 Å². The normalized spacial score (nSPS) is 35.2. The highest BCUT2D eigenvalue weighted by Gasteiger charge is 2.52. The topological polar surface area (TPSA) is 38.7 Å². The lowest BCUT2D eigenvalue weighted by Crippen LogP contribution is -2.24. The van der Waals surface area contributed by atoms with Crippen LogP contribution >= 0.6 is 11.6 Å². The summed E-state index contributed by atoms with van der Waals surface area (Å²) in [6.45, 7) is 0. The minimum Gasteiger partial charge on any atom is -0.313 e. The van der Waals surface area contributed by atoms with E-state index >= 15 is 0 Å². The molecule has 3 aliphatic rings. The third-order valence-electron chi connectivity index (χ3n) is 5.53. The van der Waals surface area contributed by atoms with Crippen LogP contribution in [0.3, 0.4) is 0 Å². The molecule has 4 rings (SSSR count). The lowest BCUT2D eigenvalue weighted by Gasteiger charge is -2.25. The minimum absolute atomic E-state index is 0.398. The van der Waals surface area contributed by atoms with Gasteiger partial charge in [0, 0.05) is 10.9 Å². The molecule has 0 radical (unpaired) electrons. The summed E-state index contributed by atoms with van der Waals surface area (Å²) in [4.78, 5) is 17.1. The fraction of sp³-hybridized carbons (Fsp3) is 0.529. The summed E-state index contributed by atoms with van der Waals surface area (Å²) in [5, 5.41) is 4.81. The average molecular weight is 304 g/mol. The van der Waals surface area contributed by atoms with Gasteiger partial charge >= 0.3 is 5.97 Å². The van der Waals surface area contributed by atoms with Gasteiger partial charge in [-0.2, -0.15) is 0 Å². The van der Waals surface area contributed by atoms with Crippen molar-refractivity contribution < 1.29 is 9.63 Å². The van der Waals surface area contributed by atoms with Crippen molar-refractivity contribution in [1.29, 1.82) is 0 Å². The highest BCUT2D eigenvalue weighted by atomic mass is 35.5. The van der Waals surface area contributed by atoms with E-state index in [4.69, 9.17) is 16.4 Å². The van der Waals surface area contributed by atoms with Crippen LogP contribution in [0.25, 0.3) is 0 Å². The van der Waals surface area contributed by atoms with Crippen LogP contribution in [-0.4, -0.2) is 11.7 Å². The van der Waals surface area contributed by atoms with Gasteiger partial charge in [0.1, 0.15) is 0 Å². The predicted octanol–water partition coefficient (Wildman–Crippen LogP) is 4.31. The number of hydrogen-bond donors (Lipinski definition) is 0. The number of benzene rings is 1. The molecule has 3 fully saturated rings. The van der Waals surface area contributed by atoms with Gasteiger partial charge in [0.15, 0.2) is 0 Å². The Morgan fingerprint density at radius 3 is 2.76 bits per heavy atom. The number of oxime groups is 1. The Hall–Kier alpha value is -1.35. The van der Waals surface area contributed by atoms with Crippen molar-refractivity contribution in [2.24, 2.45) is 28.8 Å². The smallest absolute Gasteiger partial charge is 0.313 e. The zero-order chi connectivity index (χ0) is 14.4. The van der Waals surface area contributed by atoms with E-state index < -0.39 is 5.97 Å². The molecule has 0 saturated heterocycles. The first-order chi connectivity index (χ1) is 10.2. The van der Waals surface area contributed by atoms with Crippen molar-refractivity contribution in [3.05, 3.63) is 34.9 Å². The van der Waals surface area contributed by atoms with Gasteiger partial charge in [0.25, 0.3) is 0 Å². The zero-order valence-corrected chi connectivity index (χ0v) is 12.6. The summed E-state index contributed by atoms with van der Waals surface area (Å²) in [6, 6.07) is 6.70. The number of fused-ring (bicyclic) bond motifs is 5. The molecule has 4 heteroatoms. The highest BCUT2D eigenvalue weighted by Crippen LogP contribution is 2.57. The molecule has 3 saturated carbocycles. The summed E-state index contributed by atoms with van der Waals surface area (Å²) in [6.07, 6.45) is 6.37. The van der Waals surface area contributed by atoms with Crippen molar-refractivity contribution in [3.63, 3.8) is 0 Å². The van der Waals surface area contributed by atoms with Gasteiger partial charge in [0.2, 0.25) is 0 Å². The van der Waals surface area contributed by atoms with E-state index in [1.54, 1.807) is 24.3 Å². The number of halogens is 1. The number of rotatable bonds is 2. The maximum atomic E-state index is 12.0. The largest absolute Gasteiger partial charge is 0.365 e. The van der Waals surface area contributed by atoms with Crippen LogP contribution < -0.4 is 0 Å². The third kappa shape index (κ3) is 2.28. The standard InChI is InChI=1S/C17H18ClNO2/c18-12-6-4-10(5-7-12)17(20)21-19-16-9-11-8-15(16)14-3-1-2-13(11)14/h4-7,11,13-15H,1-3,8-9H2/b19-16+/t11-,13-,14-,15-/m0/s1. The van der Waals surface area contributed by atoms with Crippen LogP contribution in [0.2, 0.25) is 5.02 Å². The van der Waals surface area contributed by atoms with E-state index in [-0.39, 0.29) is 0 Å². The molecular formula is C17H18ClNO2. The molecule has 0 heterocycles. The number of carbonyl (C=O) groups excluding carboxylic acids is 1. The fourth-order valence-electron chi connectivity index (χ4n) is 4.66. The molecule has 0 unspecified atom stereocenters. The Labute approximate surface area is 129 Å². The lowest BCUT2D eigenvalue weighted by atomic mass is 9.81. The molecule has 0 amide bonds. The van der Waals surface area contributed by atoms with Crippen LogP contribution in [0.1, 0.15) is 42.5 Å². The van der Waals surface area contributed by atoms with Crippen LogP contribution in [0.5, 0.6) is 0 Å². The van der Waals surface area contributed by atoms with Crippen LogP contribution in [0, 0.1) is 23.7 Å². The lowest BCUT2D eigenvalue weighted by molar-refractivity contribution is 0.0511. The Bertz CT molecular complexity index is 595. The first kappa shape index (κ1) is 13.3. The van der Waals surface area contributed by atoms with Crippen LogP contribution in [0.15, 0.2) is 29.4 Å². The Kier molecular flexibility index (Phi) is 3.26. The van der Waals surface area contributed by atoms with Gasteiger partial charge in [-0.05, 0) is 67.7 Å². The van der Waals surface area contributed by atoms with E-state index in [9.17, 15) is 4.79 Å². The third-order valence-corrected chi connectivity index (χ3v) is 5.78. The molecule has 110 valence electrons. The van der Waals surface area contributed by atoms with E-state index in [1.165, 1.54) is 25.7 Å². The Morgan fingerprint density at radius 2 is 1.95 bits per heavy atom. The van der Waals surface area contributed by atoms with Gasteiger partial charge < -0.3 is 4.84 Å². The second kappa shape index (κ2) is 5.13.